The molecular formula is C16H23ClN2O3. The number of anilines is 1. The first-order valence-electron chi connectivity index (χ1n) is 7.54. The predicted molar refractivity (Wildman–Crippen MR) is 87.7 cm³/mol. The monoisotopic (exact) mass is 326 g/mol. The van der Waals surface area contributed by atoms with Gasteiger partial charge in [0.05, 0.1) is 17.3 Å². The quantitative estimate of drug-likeness (QED) is 0.817. The van der Waals surface area contributed by atoms with Crippen LogP contribution in [0, 0.1) is 0 Å². The molecule has 0 spiro atoms. The highest BCUT2D eigenvalue weighted by Gasteiger charge is 2.21. The summed E-state index contributed by atoms with van der Waals surface area (Å²) in [4.78, 5) is 13.2. The van der Waals surface area contributed by atoms with Gasteiger partial charge in [0.1, 0.15) is 6.61 Å². The van der Waals surface area contributed by atoms with Gasteiger partial charge in [0.2, 0.25) is 5.91 Å². The Balaban J connectivity index is 1.97. The van der Waals surface area contributed by atoms with Crippen molar-refractivity contribution in [2.75, 3.05) is 38.7 Å². The Morgan fingerprint density at radius 3 is 2.73 bits per heavy atom. The maximum Gasteiger partial charge on any atom is 0.219 e. The molecule has 1 saturated heterocycles. The number of benzene rings is 1. The summed E-state index contributed by atoms with van der Waals surface area (Å²) in [5.74, 6) is 0.806. The van der Waals surface area contributed by atoms with Gasteiger partial charge in [-0.25, -0.2) is 0 Å². The maximum atomic E-state index is 11.4. The number of likely N-dealkylation sites (tertiary alicyclic amines) is 1. The van der Waals surface area contributed by atoms with Crippen LogP contribution in [0.2, 0.25) is 5.02 Å². The number of halogens is 1. The minimum Gasteiger partial charge on any atom is -0.487 e. The lowest BCUT2D eigenvalue weighted by Gasteiger charge is -2.32. The fraction of sp³-hybridized carbons (Fsp3) is 0.562. The molecule has 1 amide bonds. The standard InChI is InChI=1S/C16H23ClN2O3/c1-12(20)19-8-6-13(7-9-19)18-15-5-3-4-14(17)16(15)22-11-10-21-2/h3-5,13,18H,6-11H2,1-2H3. The van der Waals surface area contributed by atoms with Crippen molar-refractivity contribution in [1.29, 1.82) is 0 Å². The molecule has 1 N–H and O–H groups in total. The first-order chi connectivity index (χ1) is 10.6. The summed E-state index contributed by atoms with van der Waals surface area (Å²) in [5.41, 5.74) is 0.893. The van der Waals surface area contributed by atoms with Crippen LogP contribution in [-0.2, 0) is 9.53 Å². The number of rotatable bonds is 6. The molecule has 0 unspecified atom stereocenters. The molecule has 1 aromatic rings. The van der Waals surface area contributed by atoms with Crippen molar-refractivity contribution >= 4 is 23.2 Å². The third-order valence-electron chi connectivity index (χ3n) is 3.80. The van der Waals surface area contributed by atoms with Crippen molar-refractivity contribution in [3.8, 4) is 5.75 Å². The van der Waals surface area contributed by atoms with E-state index in [9.17, 15) is 4.79 Å². The Labute approximate surface area is 136 Å². The van der Waals surface area contributed by atoms with Gasteiger partial charge in [-0.3, -0.25) is 4.79 Å². The summed E-state index contributed by atoms with van der Waals surface area (Å²) < 4.78 is 10.7. The average molecular weight is 327 g/mol. The molecule has 122 valence electrons. The molecule has 2 rings (SSSR count). The molecule has 5 nitrogen and oxygen atoms in total. The van der Waals surface area contributed by atoms with E-state index in [4.69, 9.17) is 21.1 Å². The zero-order chi connectivity index (χ0) is 15.9. The number of nitrogens with zero attached hydrogens (tertiary/aromatic N) is 1. The second-order valence-electron chi connectivity index (χ2n) is 5.38. The number of ether oxygens (including phenoxy) is 2. The fourth-order valence-electron chi connectivity index (χ4n) is 2.55. The molecular weight excluding hydrogens is 304 g/mol. The van der Waals surface area contributed by atoms with E-state index in [-0.39, 0.29) is 5.91 Å². The SMILES string of the molecule is COCCOc1c(Cl)cccc1NC1CCN(C(C)=O)CC1. The smallest absolute Gasteiger partial charge is 0.219 e. The highest BCUT2D eigenvalue weighted by atomic mass is 35.5. The summed E-state index contributed by atoms with van der Waals surface area (Å²) >= 11 is 6.23. The molecule has 0 radical (unpaired) electrons. The molecule has 1 aromatic carbocycles. The Kier molecular flexibility index (Phi) is 6.34. The molecule has 1 fully saturated rings. The third kappa shape index (κ3) is 4.52. The van der Waals surface area contributed by atoms with Gasteiger partial charge in [0, 0.05) is 33.2 Å². The molecule has 1 aliphatic rings. The number of nitrogens with one attached hydrogen (secondary N) is 1. The fourth-order valence-corrected chi connectivity index (χ4v) is 2.78. The van der Waals surface area contributed by atoms with E-state index in [1.807, 2.05) is 23.1 Å². The first-order valence-corrected chi connectivity index (χ1v) is 7.92. The van der Waals surface area contributed by atoms with Gasteiger partial charge < -0.3 is 19.7 Å². The lowest BCUT2D eigenvalue weighted by Crippen LogP contribution is -2.41. The van der Waals surface area contributed by atoms with E-state index >= 15 is 0 Å². The second-order valence-corrected chi connectivity index (χ2v) is 5.79. The van der Waals surface area contributed by atoms with E-state index in [2.05, 4.69) is 5.32 Å². The van der Waals surface area contributed by atoms with Gasteiger partial charge in [-0.2, -0.15) is 0 Å². The number of hydrogen-bond donors (Lipinski definition) is 1. The highest BCUT2D eigenvalue weighted by Crippen LogP contribution is 2.34. The maximum absolute atomic E-state index is 11.4. The van der Waals surface area contributed by atoms with E-state index in [0.717, 1.165) is 31.6 Å². The Morgan fingerprint density at radius 1 is 1.36 bits per heavy atom. The number of amides is 1. The first kappa shape index (κ1) is 16.9. The van der Waals surface area contributed by atoms with E-state index in [1.54, 1.807) is 14.0 Å². The van der Waals surface area contributed by atoms with Crippen LogP contribution in [0.1, 0.15) is 19.8 Å². The van der Waals surface area contributed by atoms with Crippen LogP contribution in [0.25, 0.3) is 0 Å². The van der Waals surface area contributed by atoms with Gasteiger partial charge in [0.25, 0.3) is 0 Å². The van der Waals surface area contributed by atoms with Gasteiger partial charge >= 0.3 is 0 Å². The molecule has 6 heteroatoms. The van der Waals surface area contributed by atoms with Gasteiger partial charge in [-0.15, -0.1) is 0 Å². The van der Waals surface area contributed by atoms with Crippen molar-refractivity contribution in [3.05, 3.63) is 23.2 Å². The van der Waals surface area contributed by atoms with Crippen LogP contribution in [-0.4, -0.2) is 50.3 Å². The molecule has 1 heterocycles. The number of carbonyl (C=O) groups is 1. The van der Waals surface area contributed by atoms with Crippen LogP contribution in [0.5, 0.6) is 5.75 Å². The Morgan fingerprint density at radius 2 is 2.09 bits per heavy atom. The summed E-state index contributed by atoms with van der Waals surface area (Å²) in [5, 5.41) is 4.07. The van der Waals surface area contributed by atoms with Crippen molar-refractivity contribution in [3.63, 3.8) is 0 Å². The third-order valence-corrected chi connectivity index (χ3v) is 4.10. The molecule has 0 saturated carbocycles. The minimum atomic E-state index is 0.143. The average Bonchev–Trinajstić information content (AvgIpc) is 2.50. The van der Waals surface area contributed by atoms with E-state index < -0.39 is 0 Å². The largest absolute Gasteiger partial charge is 0.487 e. The lowest BCUT2D eigenvalue weighted by molar-refractivity contribution is -0.129. The summed E-state index contributed by atoms with van der Waals surface area (Å²) in [6.45, 7) is 4.16. The lowest BCUT2D eigenvalue weighted by atomic mass is 10.0. The minimum absolute atomic E-state index is 0.143. The number of piperidine rings is 1. The van der Waals surface area contributed by atoms with Gasteiger partial charge in [-0.1, -0.05) is 17.7 Å². The van der Waals surface area contributed by atoms with Crippen LogP contribution < -0.4 is 10.1 Å². The summed E-state index contributed by atoms with van der Waals surface area (Å²) in [7, 11) is 1.64. The Hall–Kier alpha value is -1.46. The molecule has 0 aliphatic carbocycles. The number of methoxy groups -OCH3 is 1. The van der Waals surface area contributed by atoms with Crippen LogP contribution in [0.15, 0.2) is 18.2 Å². The van der Waals surface area contributed by atoms with Crippen molar-refractivity contribution < 1.29 is 14.3 Å². The zero-order valence-corrected chi connectivity index (χ0v) is 13.9. The predicted octanol–water partition coefficient (Wildman–Crippen LogP) is 2.79. The number of carbonyl (C=O) groups excluding carboxylic acids is 1. The molecule has 0 atom stereocenters. The summed E-state index contributed by atoms with van der Waals surface area (Å²) in [6.07, 6.45) is 1.84. The number of hydrogen-bond acceptors (Lipinski definition) is 4. The van der Waals surface area contributed by atoms with Crippen molar-refractivity contribution in [2.45, 2.75) is 25.8 Å². The van der Waals surface area contributed by atoms with Crippen LogP contribution >= 0.6 is 11.6 Å². The summed E-state index contributed by atoms with van der Waals surface area (Å²) in [6, 6.07) is 6.00. The molecule has 0 aromatic heterocycles. The van der Waals surface area contributed by atoms with E-state index in [0.29, 0.717) is 30.0 Å². The number of para-hydroxylation sites is 1. The topological polar surface area (TPSA) is 50.8 Å². The molecule has 22 heavy (non-hydrogen) atoms. The normalized spacial score (nSPS) is 15.7. The zero-order valence-electron chi connectivity index (χ0n) is 13.1. The van der Waals surface area contributed by atoms with Gasteiger partial charge in [0.15, 0.2) is 5.75 Å². The second kappa shape index (κ2) is 8.25. The van der Waals surface area contributed by atoms with Crippen molar-refractivity contribution in [1.82, 2.24) is 4.90 Å². The van der Waals surface area contributed by atoms with E-state index in [1.165, 1.54) is 0 Å². The highest BCUT2D eigenvalue weighted by molar-refractivity contribution is 6.32. The van der Waals surface area contributed by atoms with Crippen molar-refractivity contribution in [2.24, 2.45) is 0 Å². The van der Waals surface area contributed by atoms with Crippen LogP contribution in [0.3, 0.4) is 0 Å². The van der Waals surface area contributed by atoms with Gasteiger partial charge in [-0.05, 0) is 25.0 Å². The molecule has 0 bridgehead atoms. The van der Waals surface area contributed by atoms with Crippen LogP contribution in [0.4, 0.5) is 5.69 Å². The Bertz CT molecular complexity index is 502. The molecule has 1 aliphatic heterocycles.